The van der Waals surface area contributed by atoms with Crippen molar-refractivity contribution in [3.8, 4) is 5.69 Å². The third-order valence-electron chi connectivity index (χ3n) is 2.93. The van der Waals surface area contributed by atoms with E-state index in [1.54, 1.807) is 24.3 Å². The van der Waals surface area contributed by atoms with Crippen LogP contribution in [0.4, 0.5) is 5.82 Å². The lowest BCUT2D eigenvalue weighted by Gasteiger charge is -2.09. The Morgan fingerprint density at radius 2 is 2.14 bits per heavy atom. The molecule has 3 aromatic rings. The molecule has 0 fully saturated rings. The van der Waals surface area contributed by atoms with E-state index in [2.05, 4.69) is 25.8 Å². The summed E-state index contributed by atoms with van der Waals surface area (Å²) in [6.45, 7) is 1.85. The highest BCUT2D eigenvalue weighted by Gasteiger charge is 2.15. The fourth-order valence-corrected chi connectivity index (χ4v) is 2.12. The Bertz CT molecular complexity index is 818. The van der Waals surface area contributed by atoms with Crippen LogP contribution < -0.4 is 5.32 Å². The van der Waals surface area contributed by atoms with Crippen LogP contribution in [0.25, 0.3) is 5.69 Å². The van der Waals surface area contributed by atoms with Crippen LogP contribution in [0, 0.1) is 6.92 Å². The molecule has 1 aromatic carbocycles. The first-order chi connectivity index (χ1) is 10.6. The molecule has 0 saturated heterocycles. The lowest BCUT2D eigenvalue weighted by Crippen LogP contribution is -2.16. The number of tetrazole rings is 1. The molecule has 1 N–H and O–H groups in total. The van der Waals surface area contributed by atoms with E-state index in [1.165, 1.54) is 11.0 Å². The number of hydrogen-bond donors (Lipinski definition) is 1. The van der Waals surface area contributed by atoms with Crippen molar-refractivity contribution in [2.24, 2.45) is 0 Å². The number of benzene rings is 1. The number of carbonyl (C=O) groups is 1. The molecule has 0 bridgehead atoms. The topological polar surface area (TPSA) is 85.6 Å². The first-order valence-corrected chi connectivity index (χ1v) is 6.79. The molecule has 7 nitrogen and oxygen atoms in total. The van der Waals surface area contributed by atoms with Gasteiger partial charge in [0.15, 0.2) is 0 Å². The molecule has 110 valence electrons. The maximum Gasteiger partial charge on any atom is 0.259 e. The van der Waals surface area contributed by atoms with Crippen molar-refractivity contribution in [2.45, 2.75) is 6.92 Å². The van der Waals surface area contributed by atoms with Crippen LogP contribution in [0.2, 0.25) is 5.02 Å². The molecule has 0 aliphatic rings. The number of carbonyl (C=O) groups excluding carboxylic acids is 1. The van der Waals surface area contributed by atoms with Gasteiger partial charge in [-0.05, 0) is 47.7 Å². The average Bonchev–Trinajstić information content (AvgIpc) is 3.01. The Labute approximate surface area is 130 Å². The number of hydrogen-bond acceptors (Lipinski definition) is 5. The van der Waals surface area contributed by atoms with Crippen LogP contribution in [0.3, 0.4) is 0 Å². The summed E-state index contributed by atoms with van der Waals surface area (Å²) in [5.74, 6) is 0.155. The number of nitrogens with one attached hydrogen (secondary N) is 1. The van der Waals surface area contributed by atoms with Gasteiger partial charge in [0.2, 0.25) is 0 Å². The first-order valence-electron chi connectivity index (χ1n) is 6.41. The van der Waals surface area contributed by atoms with Crippen LogP contribution >= 0.6 is 11.6 Å². The van der Waals surface area contributed by atoms with Crippen molar-refractivity contribution in [1.29, 1.82) is 0 Å². The molecule has 0 saturated carbocycles. The van der Waals surface area contributed by atoms with Crippen LogP contribution in [0.15, 0.2) is 42.7 Å². The molecule has 0 aliphatic heterocycles. The number of pyridine rings is 1. The van der Waals surface area contributed by atoms with Crippen molar-refractivity contribution in [2.75, 3.05) is 5.32 Å². The molecule has 0 aliphatic carbocycles. The fraction of sp³-hybridized carbons (Fsp3) is 0.0714. The second kappa shape index (κ2) is 5.90. The Morgan fingerprint density at radius 3 is 2.86 bits per heavy atom. The molecule has 2 heterocycles. The standard InChI is InChI=1S/C14H11ClN6O/c1-9-3-2-4-13(17-9)18-14(22)11-6-5-10(15)7-12(11)21-8-16-19-20-21/h2-8H,1H3,(H,17,18,22). The Hall–Kier alpha value is -2.80. The number of anilines is 1. The summed E-state index contributed by atoms with van der Waals surface area (Å²) in [7, 11) is 0. The zero-order valence-corrected chi connectivity index (χ0v) is 12.3. The Kier molecular flexibility index (Phi) is 3.80. The van der Waals surface area contributed by atoms with Crippen LogP contribution in [-0.2, 0) is 0 Å². The lowest BCUT2D eigenvalue weighted by molar-refractivity contribution is 0.102. The van der Waals surface area contributed by atoms with Crippen molar-refractivity contribution in [3.63, 3.8) is 0 Å². The third-order valence-corrected chi connectivity index (χ3v) is 3.17. The summed E-state index contributed by atoms with van der Waals surface area (Å²) < 4.78 is 1.38. The molecule has 3 rings (SSSR count). The molecule has 0 unspecified atom stereocenters. The number of aromatic nitrogens is 5. The summed E-state index contributed by atoms with van der Waals surface area (Å²) in [5, 5.41) is 14.2. The van der Waals surface area contributed by atoms with Gasteiger partial charge in [-0.15, -0.1) is 5.10 Å². The molecule has 0 spiro atoms. The maximum absolute atomic E-state index is 12.5. The molecule has 1 amide bonds. The minimum absolute atomic E-state index is 0.319. The second-order valence-corrected chi connectivity index (χ2v) is 4.97. The highest BCUT2D eigenvalue weighted by atomic mass is 35.5. The Balaban J connectivity index is 1.96. The van der Waals surface area contributed by atoms with E-state index in [-0.39, 0.29) is 5.91 Å². The van der Waals surface area contributed by atoms with Crippen LogP contribution in [0.1, 0.15) is 16.1 Å². The van der Waals surface area contributed by atoms with E-state index in [0.29, 0.717) is 22.1 Å². The van der Waals surface area contributed by atoms with Crippen molar-refractivity contribution >= 4 is 23.3 Å². The van der Waals surface area contributed by atoms with Gasteiger partial charge >= 0.3 is 0 Å². The summed E-state index contributed by atoms with van der Waals surface area (Å²) in [4.78, 5) is 16.7. The number of nitrogens with zero attached hydrogens (tertiary/aromatic N) is 5. The van der Waals surface area contributed by atoms with Gasteiger partial charge in [-0.25, -0.2) is 4.98 Å². The zero-order valence-electron chi connectivity index (χ0n) is 11.6. The van der Waals surface area contributed by atoms with E-state index < -0.39 is 0 Å². The zero-order chi connectivity index (χ0) is 15.5. The smallest absolute Gasteiger partial charge is 0.259 e. The molecule has 0 radical (unpaired) electrons. The van der Waals surface area contributed by atoms with Gasteiger partial charge in [-0.3, -0.25) is 4.79 Å². The average molecular weight is 315 g/mol. The predicted molar refractivity (Wildman–Crippen MR) is 81.1 cm³/mol. The Morgan fingerprint density at radius 1 is 1.27 bits per heavy atom. The highest BCUT2D eigenvalue weighted by Crippen LogP contribution is 2.20. The van der Waals surface area contributed by atoms with Gasteiger partial charge < -0.3 is 5.32 Å². The van der Waals surface area contributed by atoms with Gasteiger partial charge in [-0.1, -0.05) is 17.7 Å². The molecular weight excluding hydrogens is 304 g/mol. The van der Waals surface area contributed by atoms with Crippen molar-refractivity contribution in [1.82, 2.24) is 25.2 Å². The van der Waals surface area contributed by atoms with E-state index in [4.69, 9.17) is 11.6 Å². The number of rotatable bonds is 3. The summed E-state index contributed by atoms with van der Waals surface area (Å²) >= 11 is 5.99. The van der Waals surface area contributed by atoms with E-state index in [1.807, 2.05) is 19.1 Å². The second-order valence-electron chi connectivity index (χ2n) is 4.53. The number of halogens is 1. The van der Waals surface area contributed by atoms with E-state index >= 15 is 0 Å². The summed E-state index contributed by atoms with van der Waals surface area (Å²) in [5.41, 5.74) is 1.69. The quantitative estimate of drug-likeness (QED) is 0.801. The largest absolute Gasteiger partial charge is 0.306 e. The minimum atomic E-state index is -0.319. The first kappa shape index (κ1) is 14.2. The number of aryl methyl sites for hydroxylation is 1. The predicted octanol–water partition coefficient (Wildman–Crippen LogP) is 2.27. The minimum Gasteiger partial charge on any atom is -0.306 e. The van der Waals surface area contributed by atoms with Gasteiger partial charge in [0.25, 0.3) is 5.91 Å². The SMILES string of the molecule is Cc1cccc(NC(=O)c2ccc(Cl)cc2-n2cnnn2)n1. The van der Waals surface area contributed by atoms with Gasteiger partial charge in [0, 0.05) is 10.7 Å². The molecule has 8 heteroatoms. The van der Waals surface area contributed by atoms with Crippen molar-refractivity contribution < 1.29 is 4.79 Å². The number of amides is 1. The van der Waals surface area contributed by atoms with Crippen LogP contribution in [0.5, 0.6) is 0 Å². The van der Waals surface area contributed by atoms with E-state index in [0.717, 1.165) is 5.69 Å². The third kappa shape index (κ3) is 2.94. The fourth-order valence-electron chi connectivity index (χ4n) is 1.95. The van der Waals surface area contributed by atoms with Crippen LogP contribution in [-0.4, -0.2) is 31.1 Å². The summed E-state index contributed by atoms with van der Waals surface area (Å²) in [6.07, 6.45) is 1.40. The molecular formula is C14H11ClN6O. The van der Waals surface area contributed by atoms with Crippen molar-refractivity contribution in [3.05, 3.63) is 59.0 Å². The maximum atomic E-state index is 12.5. The molecule has 22 heavy (non-hydrogen) atoms. The van der Waals surface area contributed by atoms with E-state index in [9.17, 15) is 4.79 Å². The van der Waals surface area contributed by atoms with Gasteiger partial charge in [-0.2, -0.15) is 4.68 Å². The van der Waals surface area contributed by atoms with Gasteiger partial charge in [0.1, 0.15) is 12.1 Å². The molecule has 2 aromatic heterocycles. The lowest BCUT2D eigenvalue weighted by atomic mass is 10.1. The van der Waals surface area contributed by atoms with Gasteiger partial charge in [0.05, 0.1) is 11.3 Å². The highest BCUT2D eigenvalue weighted by molar-refractivity contribution is 6.31. The normalized spacial score (nSPS) is 10.5. The monoisotopic (exact) mass is 314 g/mol. The summed E-state index contributed by atoms with van der Waals surface area (Å²) in [6, 6.07) is 10.3. The molecule has 0 atom stereocenters.